The highest BCUT2D eigenvalue weighted by molar-refractivity contribution is 6.10. The third-order valence-electron chi connectivity index (χ3n) is 5.86. The predicted molar refractivity (Wildman–Crippen MR) is 137 cm³/mol. The van der Waals surface area contributed by atoms with Gasteiger partial charge in [0.1, 0.15) is 0 Å². The molecule has 0 aliphatic heterocycles. The molecule has 1 heterocycles. The van der Waals surface area contributed by atoms with Gasteiger partial charge in [0.2, 0.25) is 11.7 Å². The van der Waals surface area contributed by atoms with Crippen LogP contribution >= 0.6 is 0 Å². The molecule has 0 bridgehead atoms. The minimum Gasteiger partial charge on any atom is -0.493 e. The van der Waals surface area contributed by atoms with E-state index in [0.29, 0.717) is 35.3 Å². The average molecular weight is 480 g/mol. The number of ether oxygens (including phenoxy) is 3. The Balaban J connectivity index is 1.97. The number of carbonyl (C=O) groups excluding carboxylic acids is 1. The van der Waals surface area contributed by atoms with Crippen molar-refractivity contribution in [2.24, 2.45) is 12.0 Å². The molecule has 0 atom stereocenters. The highest BCUT2D eigenvalue weighted by atomic mass is 16.5. The quantitative estimate of drug-likeness (QED) is 0.391. The molecule has 0 saturated heterocycles. The molecular weight excluding hydrogens is 446 g/mol. The molecule has 0 aliphatic carbocycles. The van der Waals surface area contributed by atoms with Crippen molar-refractivity contribution in [1.29, 1.82) is 0 Å². The molecule has 3 rings (SSSR count). The van der Waals surface area contributed by atoms with E-state index in [4.69, 9.17) is 19.2 Å². The number of nitrogens with one attached hydrogen (secondary N) is 2. The number of benzene rings is 2. The number of methoxy groups -OCH3 is 3. The summed E-state index contributed by atoms with van der Waals surface area (Å²) in [7, 11) is 6.43. The van der Waals surface area contributed by atoms with Crippen molar-refractivity contribution in [2.45, 2.75) is 34.2 Å². The number of hydrogen-bond acceptors (Lipinski definition) is 6. The second kappa shape index (κ2) is 10.9. The maximum Gasteiger partial charge on any atom is 0.258 e. The zero-order valence-corrected chi connectivity index (χ0v) is 21.6. The summed E-state index contributed by atoms with van der Waals surface area (Å²) < 4.78 is 18.0. The van der Waals surface area contributed by atoms with Crippen LogP contribution in [-0.2, 0) is 13.6 Å². The molecule has 0 spiro atoms. The van der Waals surface area contributed by atoms with Crippen molar-refractivity contribution in [3.05, 3.63) is 64.0 Å². The number of aliphatic imine (C=N–C) groups is 1. The molecule has 3 aromatic rings. The lowest BCUT2D eigenvalue weighted by Gasteiger charge is -2.16. The first-order chi connectivity index (χ1) is 16.7. The van der Waals surface area contributed by atoms with Gasteiger partial charge in [-0.3, -0.25) is 14.8 Å². The summed E-state index contributed by atoms with van der Waals surface area (Å²) in [4.78, 5) is 18.0. The highest BCUT2D eigenvalue weighted by Crippen LogP contribution is 2.38. The van der Waals surface area contributed by atoms with Gasteiger partial charge in [0.15, 0.2) is 11.5 Å². The van der Waals surface area contributed by atoms with Crippen molar-refractivity contribution in [3.63, 3.8) is 0 Å². The molecule has 2 N–H and O–H groups in total. The second-order valence-electron chi connectivity index (χ2n) is 8.25. The third-order valence-corrected chi connectivity index (χ3v) is 5.86. The lowest BCUT2D eigenvalue weighted by Crippen LogP contribution is -2.36. The SMILES string of the molecule is COc1cc(C(=O)NC(=NCc2c(C)nn(C)c2C)Nc2cc(C)ccc2C)cc(OC)c1OC. The van der Waals surface area contributed by atoms with E-state index in [9.17, 15) is 4.79 Å². The van der Waals surface area contributed by atoms with Crippen LogP contribution in [0.25, 0.3) is 0 Å². The summed E-state index contributed by atoms with van der Waals surface area (Å²) in [6, 6.07) is 9.26. The molecule has 9 heteroatoms. The number of rotatable bonds is 7. The molecule has 0 unspecified atom stereocenters. The highest BCUT2D eigenvalue weighted by Gasteiger charge is 2.19. The van der Waals surface area contributed by atoms with Crippen molar-refractivity contribution < 1.29 is 19.0 Å². The summed E-state index contributed by atoms with van der Waals surface area (Å²) in [6.07, 6.45) is 0. The van der Waals surface area contributed by atoms with Gasteiger partial charge in [-0.05, 0) is 57.0 Å². The Morgan fingerprint density at radius 2 is 1.66 bits per heavy atom. The number of anilines is 1. The van der Waals surface area contributed by atoms with E-state index >= 15 is 0 Å². The van der Waals surface area contributed by atoms with Gasteiger partial charge in [0.05, 0.1) is 33.6 Å². The van der Waals surface area contributed by atoms with E-state index in [-0.39, 0.29) is 5.91 Å². The van der Waals surface area contributed by atoms with Crippen LogP contribution in [0, 0.1) is 27.7 Å². The van der Waals surface area contributed by atoms with E-state index in [1.54, 1.807) is 12.1 Å². The number of carbonyl (C=O) groups is 1. The summed E-state index contributed by atoms with van der Waals surface area (Å²) >= 11 is 0. The summed E-state index contributed by atoms with van der Waals surface area (Å²) in [5.41, 5.74) is 6.24. The van der Waals surface area contributed by atoms with Gasteiger partial charge in [0, 0.05) is 29.6 Å². The number of guanidine groups is 1. The van der Waals surface area contributed by atoms with Crippen LogP contribution in [0.4, 0.5) is 5.69 Å². The third kappa shape index (κ3) is 5.74. The summed E-state index contributed by atoms with van der Waals surface area (Å²) in [5.74, 6) is 1.14. The Morgan fingerprint density at radius 1 is 1.00 bits per heavy atom. The summed E-state index contributed by atoms with van der Waals surface area (Å²) in [6.45, 7) is 8.31. The van der Waals surface area contributed by atoms with E-state index in [1.165, 1.54) is 21.3 Å². The predicted octanol–water partition coefficient (Wildman–Crippen LogP) is 4.08. The van der Waals surface area contributed by atoms with Crippen molar-refractivity contribution in [2.75, 3.05) is 26.6 Å². The fourth-order valence-corrected chi connectivity index (χ4v) is 3.70. The van der Waals surface area contributed by atoms with Gasteiger partial charge in [-0.15, -0.1) is 0 Å². The maximum atomic E-state index is 13.3. The van der Waals surface area contributed by atoms with Crippen LogP contribution in [-0.4, -0.2) is 43.0 Å². The monoisotopic (exact) mass is 479 g/mol. The molecule has 0 radical (unpaired) electrons. The lowest BCUT2D eigenvalue weighted by atomic mass is 10.1. The van der Waals surface area contributed by atoms with Crippen LogP contribution in [0.5, 0.6) is 17.2 Å². The fourth-order valence-electron chi connectivity index (χ4n) is 3.70. The smallest absolute Gasteiger partial charge is 0.258 e. The first kappa shape index (κ1) is 25.6. The van der Waals surface area contributed by atoms with Gasteiger partial charge in [-0.2, -0.15) is 5.10 Å². The largest absolute Gasteiger partial charge is 0.493 e. The number of nitrogens with zero attached hydrogens (tertiary/aromatic N) is 3. The molecule has 186 valence electrons. The maximum absolute atomic E-state index is 13.3. The van der Waals surface area contributed by atoms with Gasteiger partial charge < -0.3 is 19.5 Å². The number of aryl methyl sites for hydroxylation is 4. The van der Waals surface area contributed by atoms with Crippen LogP contribution < -0.4 is 24.8 Å². The summed E-state index contributed by atoms with van der Waals surface area (Å²) in [5, 5.41) is 10.7. The Kier molecular flexibility index (Phi) is 8.01. The molecule has 35 heavy (non-hydrogen) atoms. The van der Waals surface area contributed by atoms with Crippen LogP contribution in [0.1, 0.15) is 38.4 Å². The van der Waals surface area contributed by atoms with Gasteiger partial charge in [-0.1, -0.05) is 12.1 Å². The molecule has 1 aromatic heterocycles. The van der Waals surface area contributed by atoms with E-state index in [0.717, 1.165) is 33.8 Å². The standard InChI is InChI=1S/C26H33N5O4/c1-15-9-10-16(2)21(11-15)28-26(27-14-20-17(3)30-31(5)18(20)4)29-25(32)19-12-22(33-6)24(35-8)23(13-19)34-7/h9-13H,14H2,1-8H3,(H2,27,28,29,32). The van der Waals surface area contributed by atoms with Crippen LogP contribution in [0.3, 0.4) is 0 Å². The molecule has 0 fully saturated rings. The second-order valence-corrected chi connectivity index (χ2v) is 8.25. The topological polar surface area (TPSA) is 99.0 Å². The Labute approximate surface area is 206 Å². The van der Waals surface area contributed by atoms with Crippen LogP contribution in [0.2, 0.25) is 0 Å². The molecule has 1 amide bonds. The van der Waals surface area contributed by atoms with E-state index in [2.05, 4.69) is 15.7 Å². The van der Waals surface area contributed by atoms with Crippen molar-refractivity contribution in [1.82, 2.24) is 15.1 Å². The lowest BCUT2D eigenvalue weighted by molar-refractivity contribution is 0.0976. The minimum atomic E-state index is -0.375. The van der Waals surface area contributed by atoms with E-state index in [1.807, 2.05) is 57.6 Å². The first-order valence-corrected chi connectivity index (χ1v) is 11.2. The fraction of sp³-hybridized carbons (Fsp3) is 0.346. The number of aromatic nitrogens is 2. The van der Waals surface area contributed by atoms with Gasteiger partial charge in [0.25, 0.3) is 5.91 Å². The zero-order chi connectivity index (χ0) is 25.7. The molecule has 0 saturated carbocycles. The molecule has 9 nitrogen and oxygen atoms in total. The first-order valence-electron chi connectivity index (χ1n) is 11.2. The molecule has 0 aliphatic rings. The number of hydrogen-bond donors (Lipinski definition) is 2. The molecular formula is C26H33N5O4. The van der Waals surface area contributed by atoms with Gasteiger partial charge in [-0.25, -0.2) is 4.99 Å². The van der Waals surface area contributed by atoms with Gasteiger partial charge >= 0.3 is 0 Å². The van der Waals surface area contributed by atoms with Crippen molar-refractivity contribution in [3.8, 4) is 17.2 Å². The van der Waals surface area contributed by atoms with Crippen LogP contribution in [0.15, 0.2) is 35.3 Å². The number of amides is 1. The Bertz CT molecular complexity index is 1240. The average Bonchev–Trinajstić information content (AvgIpc) is 3.08. The molecule has 2 aromatic carbocycles. The Morgan fingerprint density at radius 3 is 2.20 bits per heavy atom. The zero-order valence-electron chi connectivity index (χ0n) is 21.6. The Hall–Kier alpha value is -4.01. The minimum absolute atomic E-state index is 0.320. The van der Waals surface area contributed by atoms with E-state index < -0.39 is 0 Å². The normalized spacial score (nSPS) is 11.3. The van der Waals surface area contributed by atoms with Crippen molar-refractivity contribution >= 4 is 17.6 Å².